The number of carboxylic acids is 2. The SMILES string of the molecule is COc1nc(OCc2cccc(-c3cccc(COc4nc(OC)c(CN5CC[C@H]5C(=O)O)cc4Br)c3C)c2C)c(Br)cc1CN1CC[C@H]1C(=O)O.S.S. The first-order valence-electron chi connectivity index (χ1n) is 16.8. The maximum Gasteiger partial charge on any atom is 0.320 e. The highest BCUT2D eigenvalue weighted by Crippen LogP contribution is 2.36. The lowest BCUT2D eigenvalue weighted by Gasteiger charge is -2.38. The van der Waals surface area contributed by atoms with Crippen molar-refractivity contribution in [1.82, 2.24) is 19.8 Å². The molecule has 2 N–H and O–H groups in total. The maximum atomic E-state index is 11.5. The molecule has 0 saturated carbocycles. The van der Waals surface area contributed by atoms with Crippen molar-refractivity contribution in [2.45, 2.75) is 65.1 Å². The van der Waals surface area contributed by atoms with Gasteiger partial charge in [0.15, 0.2) is 0 Å². The van der Waals surface area contributed by atoms with Crippen LogP contribution in [0.15, 0.2) is 57.5 Å². The Balaban J connectivity index is 0.00000325. The van der Waals surface area contributed by atoms with Gasteiger partial charge in [0.1, 0.15) is 25.3 Å². The van der Waals surface area contributed by atoms with Crippen molar-refractivity contribution in [3.05, 3.63) is 90.9 Å². The van der Waals surface area contributed by atoms with Gasteiger partial charge in [0.05, 0.1) is 23.2 Å². The molecule has 16 heteroatoms. The molecule has 0 radical (unpaired) electrons. The predicted molar refractivity (Wildman–Crippen MR) is 221 cm³/mol. The van der Waals surface area contributed by atoms with E-state index in [9.17, 15) is 19.8 Å². The minimum atomic E-state index is -0.823. The molecule has 4 aromatic rings. The van der Waals surface area contributed by atoms with Gasteiger partial charge >= 0.3 is 11.9 Å². The summed E-state index contributed by atoms with van der Waals surface area (Å²) in [5, 5.41) is 18.9. The van der Waals surface area contributed by atoms with Crippen LogP contribution in [0.3, 0.4) is 0 Å². The van der Waals surface area contributed by atoms with E-state index in [1.165, 1.54) is 0 Å². The van der Waals surface area contributed by atoms with E-state index in [4.69, 9.17) is 18.9 Å². The first kappa shape index (κ1) is 43.2. The zero-order valence-electron chi connectivity index (χ0n) is 30.3. The molecule has 6 rings (SSSR count). The van der Waals surface area contributed by atoms with Crippen molar-refractivity contribution >= 4 is 70.8 Å². The number of methoxy groups -OCH3 is 2. The standard InChI is InChI=1S/C38H40Br2N4O8.2H2S/c1-21-23(19-51-35-29(39)15-25(33(41-35)49-3)17-43-13-11-31(43)37(45)46)7-5-9-27(21)28-10-6-8-24(22(28)2)20-52-36-30(40)16-26(34(42-36)50-4)18-44-14-12-32(44)38(47)48;;/h5-10,15-16,31-32H,11-14,17-20H2,1-4H3,(H,45,46)(H,47,48);2*1H2/t31-,32-;;/m0../s1. The Morgan fingerprint density at radius 1 is 0.685 bits per heavy atom. The molecule has 2 saturated heterocycles. The smallest absolute Gasteiger partial charge is 0.320 e. The summed E-state index contributed by atoms with van der Waals surface area (Å²) in [6.07, 6.45) is 1.25. The number of hydrogen-bond acceptors (Lipinski definition) is 10. The molecule has 4 heterocycles. The van der Waals surface area contributed by atoms with E-state index in [0.717, 1.165) is 44.5 Å². The fourth-order valence-electron chi connectivity index (χ4n) is 6.58. The van der Waals surface area contributed by atoms with E-state index in [-0.39, 0.29) is 40.2 Å². The number of benzene rings is 2. The molecular formula is C38H44Br2N4O8S2. The topological polar surface area (TPSA) is 144 Å². The lowest BCUT2D eigenvalue weighted by atomic mass is 9.92. The Bertz CT molecular complexity index is 1860. The van der Waals surface area contributed by atoms with Gasteiger partial charge in [0, 0.05) is 37.3 Å². The van der Waals surface area contributed by atoms with E-state index in [1.807, 2.05) is 46.2 Å². The van der Waals surface area contributed by atoms with Gasteiger partial charge in [0.2, 0.25) is 23.5 Å². The number of halogens is 2. The summed E-state index contributed by atoms with van der Waals surface area (Å²) in [7, 11) is 3.08. The molecule has 2 aromatic carbocycles. The lowest BCUT2D eigenvalue weighted by Crippen LogP contribution is -2.51. The maximum absolute atomic E-state index is 11.5. The van der Waals surface area contributed by atoms with Crippen LogP contribution in [0.4, 0.5) is 0 Å². The molecule has 12 nitrogen and oxygen atoms in total. The number of nitrogens with zero attached hydrogens (tertiary/aromatic N) is 4. The molecule has 290 valence electrons. The molecule has 54 heavy (non-hydrogen) atoms. The molecule has 2 aromatic heterocycles. The number of aromatic nitrogens is 2. The fourth-order valence-corrected chi connectivity index (χ4v) is 7.54. The molecule has 0 amide bonds. The molecule has 0 bridgehead atoms. The summed E-state index contributed by atoms with van der Waals surface area (Å²) in [5.41, 5.74) is 7.82. The fraction of sp³-hybridized carbons (Fsp3) is 0.368. The van der Waals surface area contributed by atoms with Crippen molar-refractivity contribution in [3.63, 3.8) is 0 Å². The zero-order chi connectivity index (χ0) is 37.1. The van der Waals surface area contributed by atoms with Gasteiger partial charge in [-0.25, -0.2) is 0 Å². The molecule has 0 aliphatic carbocycles. The van der Waals surface area contributed by atoms with Crippen LogP contribution >= 0.6 is 58.9 Å². The first-order chi connectivity index (χ1) is 25.0. The number of carboxylic acid groups (broad SMARTS) is 2. The molecule has 2 aliphatic rings. The van der Waals surface area contributed by atoms with Gasteiger partial charge in [-0.1, -0.05) is 36.4 Å². The summed E-state index contributed by atoms with van der Waals surface area (Å²) < 4.78 is 24.8. The minimum absolute atomic E-state index is 0. The highest BCUT2D eigenvalue weighted by molar-refractivity contribution is 9.10. The van der Waals surface area contributed by atoms with E-state index < -0.39 is 24.0 Å². The van der Waals surface area contributed by atoms with Crippen molar-refractivity contribution in [1.29, 1.82) is 0 Å². The monoisotopic (exact) mass is 906 g/mol. The number of rotatable bonds is 15. The van der Waals surface area contributed by atoms with Crippen LogP contribution in [0.2, 0.25) is 0 Å². The van der Waals surface area contributed by atoms with Crippen LogP contribution in [0, 0.1) is 13.8 Å². The Hall–Kier alpha value is -3.54. The molecule has 2 fully saturated rings. The van der Waals surface area contributed by atoms with Gasteiger partial charge in [-0.15, -0.1) is 0 Å². The minimum Gasteiger partial charge on any atom is -0.481 e. The van der Waals surface area contributed by atoms with Crippen LogP contribution in [0.5, 0.6) is 23.5 Å². The summed E-state index contributed by atoms with van der Waals surface area (Å²) in [5.74, 6) is -0.0904. The summed E-state index contributed by atoms with van der Waals surface area (Å²) in [6.45, 7) is 6.93. The quantitative estimate of drug-likeness (QED) is 0.127. The van der Waals surface area contributed by atoms with E-state index in [0.29, 0.717) is 71.5 Å². The van der Waals surface area contributed by atoms with Gasteiger partial charge < -0.3 is 29.2 Å². The molecule has 2 aliphatic heterocycles. The Morgan fingerprint density at radius 3 is 1.39 bits per heavy atom. The number of ether oxygens (including phenoxy) is 4. The zero-order valence-corrected chi connectivity index (χ0v) is 35.5. The number of carbonyl (C=O) groups is 2. The average molecular weight is 909 g/mol. The summed E-state index contributed by atoms with van der Waals surface area (Å²) in [6, 6.07) is 15.0. The summed E-state index contributed by atoms with van der Waals surface area (Å²) in [4.78, 5) is 35.9. The van der Waals surface area contributed by atoms with E-state index in [1.54, 1.807) is 14.2 Å². The number of hydrogen-bond donors (Lipinski definition) is 2. The van der Waals surface area contributed by atoms with Gasteiger partial charge in [-0.3, -0.25) is 19.4 Å². The van der Waals surface area contributed by atoms with Crippen LogP contribution in [-0.4, -0.2) is 81.3 Å². The molecule has 2 atom stereocenters. The lowest BCUT2D eigenvalue weighted by molar-refractivity contribution is -0.149. The third-order valence-electron chi connectivity index (χ3n) is 9.84. The van der Waals surface area contributed by atoms with E-state index in [2.05, 4.69) is 67.8 Å². The van der Waals surface area contributed by atoms with Crippen LogP contribution in [0.1, 0.15) is 46.2 Å². The van der Waals surface area contributed by atoms with Crippen LogP contribution in [0.25, 0.3) is 11.1 Å². The number of aliphatic carboxylic acids is 2. The number of pyridine rings is 2. The second kappa shape index (κ2) is 18.9. The highest BCUT2D eigenvalue weighted by Gasteiger charge is 2.35. The molecular weight excluding hydrogens is 864 g/mol. The Labute approximate surface area is 345 Å². The Kier molecular flexibility index (Phi) is 15.1. The van der Waals surface area contributed by atoms with Crippen molar-refractivity contribution < 1.29 is 38.7 Å². The predicted octanol–water partition coefficient (Wildman–Crippen LogP) is 7.00. The third kappa shape index (κ3) is 9.28. The third-order valence-corrected chi connectivity index (χ3v) is 11.0. The largest absolute Gasteiger partial charge is 0.481 e. The van der Waals surface area contributed by atoms with Crippen molar-refractivity contribution in [2.75, 3.05) is 27.3 Å². The van der Waals surface area contributed by atoms with Gasteiger partial charge in [-0.05, 0) is 104 Å². The summed E-state index contributed by atoms with van der Waals surface area (Å²) >= 11 is 7.18. The van der Waals surface area contributed by atoms with Gasteiger partial charge in [0.25, 0.3) is 0 Å². The Morgan fingerprint density at radius 2 is 1.07 bits per heavy atom. The van der Waals surface area contributed by atoms with Crippen molar-refractivity contribution in [3.8, 4) is 34.6 Å². The normalized spacial score (nSPS) is 16.6. The first-order valence-corrected chi connectivity index (χ1v) is 18.4. The highest BCUT2D eigenvalue weighted by atomic mass is 79.9. The van der Waals surface area contributed by atoms with Crippen LogP contribution < -0.4 is 18.9 Å². The molecule has 0 unspecified atom stereocenters. The van der Waals surface area contributed by atoms with E-state index >= 15 is 0 Å². The molecule has 0 spiro atoms. The average Bonchev–Trinajstić information content (AvgIpc) is 3.08. The second-order valence-corrected chi connectivity index (χ2v) is 14.6. The number of likely N-dealkylation sites (tertiary alicyclic amines) is 2. The van der Waals surface area contributed by atoms with Crippen molar-refractivity contribution in [2.24, 2.45) is 0 Å². The second-order valence-electron chi connectivity index (χ2n) is 12.9. The van der Waals surface area contributed by atoms with Crippen LogP contribution in [-0.2, 0) is 35.9 Å². The van der Waals surface area contributed by atoms with Gasteiger partial charge in [-0.2, -0.15) is 37.0 Å².